The van der Waals surface area contributed by atoms with Gasteiger partial charge < -0.3 is 15.0 Å². The molecule has 0 spiro atoms. The molecule has 1 atom stereocenters. The number of carbonyl (C=O) groups excluding carboxylic acids is 1. The molecule has 0 aliphatic rings. The molecule has 0 bridgehead atoms. The van der Waals surface area contributed by atoms with Crippen LogP contribution in [0.5, 0.6) is 0 Å². The molecule has 94 valence electrons. The summed E-state index contributed by atoms with van der Waals surface area (Å²) in [5.74, 6) is -0.989. The number of rotatable bonds is 6. The quantitative estimate of drug-likeness (QED) is 0.732. The zero-order valence-electron chi connectivity index (χ0n) is 9.38. The van der Waals surface area contributed by atoms with E-state index < -0.39 is 16.8 Å². The highest BCUT2D eigenvalue weighted by molar-refractivity contribution is 7.84. The van der Waals surface area contributed by atoms with Gasteiger partial charge in [0.2, 0.25) is 0 Å². The first-order valence-electron chi connectivity index (χ1n) is 4.96. The van der Waals surface area contributed by atoms with Gasteiger partial charge in [-0.25, -0.2) is 0 Å². The van der Waals surface area contributed by atoms with Gasteiger partial charge in [-0.2, -0.15) is 0 Å². The average Bonchev–Trinajstić information content (AvgIpc) is 2.64. The van der Waals surface area contributed by atoms with E-state index in [9.17, 15) is 13.8 Å². The summed E-state index contributed by atoms with van der Waals surface area (Å²) in [5.41, 5.74) is 0.286. The summed E-state index contributed by atoms with van der Waals surface area (Å²) in [6.07, 6.45) is 3.08. The SMILES string of the molecule is CS(=O)CCNC(=O)c1cccn1CC(=O)O. The summed E-state index contributed by atoms with van der Waals surface area (Å²) in [6, 6.07) is 3.15. The van der Waals surface area contributed by atoms with Crippen LogP contribution in [-0.4, -0.2) is 44.3 Å². The number of aromatic nitrogens is 1. The Bertz CT molecular complexity index is 441. The molecule has 0 radical (unpaired) electrons. The van der Waals surface area contributed by atoms with Gasteiger partial charge in [0, 0.05) is 35.5 Å². The van der Waals surface area contributed by atoms with Gasteiger partial charge in [-0.1, -0.05) is 0 Å². The van der Waals surface area contributed by atoms with Gasteiger partial charge >= 0.3 is 5.97 Å². The Morgan fingerprint density at radius 2 is 2.24 bits per heavy atom. The Kier molecular flexibility index (Phi) is 4.89. The third-order valence-corrected chi connectivity index (χ3v) is 2.82. The molecule has 0 fully saturated rings. The number of hydrogen-bond acceptors (Lipinski definition) is 3. The Morgan fingerprint density at radius 1 is 1.53 bits per heavy atom. The lowest BCUT2D eigenvalue weighted by Gasteiger charge is -2.07. The predicted octanol–water partition coefficient (Wildman–Crippen LogP) is -0.319. The molecule has 0 aliphatic heterocycles. The van der Waals surface area contributed by atoms with Crippen molar-refractivity contribution in [3.05, 3.63) is 24.0 Å². The first-order valence-corrected chi connectivity index (χ1v) is 6.68. The van der Waals surface area contributed by atoms with Gasteiger partial charge in [0.1, 0.15) is 12.2 Å². The molecule has 17 heavy (non-hydrogen) atoms. The van der Waals surface area contributed by atoms with Crippen LogP contribution in [0.1, 0.15) is 10.5 Å². The maximum absolute atomic E-state index is 11.7. The number of aliphatic carboxylic acids is 1. The van der Waals surface area contributed by atoms with Crippen LogP contribution in [0, 0.1) is 0 Å². The highest BCUT2D eigenvalue weighted by atomic mass is 32.2. The minimum Gasteiger partial charge on any atom is -0.480 e. The Balaban J connectivity index is 2.59. The van der Waals surface area contributed by atoms with E-state index in [4.69, 9.17) is 5.11 Å². The van der Waals surface area contributed by atoms with Crippen LogP contribution >= 0.6 is 0 Å². The van der Waals surface area contributed by atoms with Crippen LogP contribution in [0.15, 0.2) is 18.3 Å². The minimum atomic E-state index is -1.01. The van der Waals surface area contributed by atoms with Crippen LogP contribution in [0.3, 0.4) is 0 Å². The lowest BCUT2D eigenvalue weighted by molar-refractivity contribution is -0.137. The van der Waals surface area contributed by atoms with E-state index in [-0.39, 0.29) is 18.1 Å². The van der Waals surface area contributed by atoms with Gasteiger partial charge in [0.05, 0.1) is 0 Å². The monoisotopic (exact) mass is 258 g/mol. The third-order valence-electron chi connectivity index (χ3n) is 2.04. The topological polar surface area (TPSA) is 88.4 Å². The maximum Gasteiger partial charge on any atom is 0.323 e. The molecule has 1 amide bonds. The summed E-state index contributed by atoms with van der Waals surface area (Å²) in [4.78, 5) is 22.2. The van der Waals surface area contributed by atoms with Crippen LogP contribution in [-0.2, 0) is 22.1 Å². The molecule has 0 saturated carbocycles. The first-order chi connectivity index (χ1) is 8.00. The highest BCUT2D eigenvalue weighted by Crippen LogP contribution is 2.02. The van der Waals surface area contributed by atoms with Gasteiger partial charge in [-0.3, -0.25) is 13.8 Å². The lowest BCUT2D eigenvalue weighted by Crippen LogP contribution is -2.29. The molecule has 7 heteroatoms. The molecule has 1 rings (SSSR count). The van der Waals surface area contributed by atoms with Gasteiger partial charge in [0.15, 0.2) is 0 Å². The van der Waals surface area contributed by atoms with Crippen molar-refractivity contribution in [1.82, 2.24) is 9.88 Å². The number of amides is 1. The van der Waals surface area contributed by atoms with E-state index in [0.717, 1.165) is 0 Å². The zero-order valence-corrected chi connectivity index (χ0v) is 10.2. The van der Waals surface area contributed by atoms with Crippen LogP contribution in [0.2, 0.25) is 0 Å². The van der Waals surface area contributed by atoms with Gasteiger partial charge in [-0.05, 0) is 12.1 Å². The largest absolute Gasteiger partial charge is 0.480 e. The molecule has 0 aliphatic carbocycles. The molecule has 1 aromatic rings. The van der Waals surface area contributed by atoms with E-state index in [0.29, 0.717) is 12.3 Å². The molecule has 2 N–H and O–H groups in total. The van der Waals surface area contributed by atoms with E-state index in [1.807, 2.05) is 0 Å². The first kappa shape index (κ1) is 13.4. The Labute approximate surface area is 101 Å². The van der Waals surface area contributed by atoms with Crippen molar-refractivity contribution in [2.75, 3.05) is 18.6 Å². The smallest absolute Gasteiger partial charge is 0.323 e. The summed E-state index contributed by atoms with van der Waals surface area (Å²) < 4.78 is 12.1. The van der Waals surface area contributed by atoms with Crippen molar-refractivity contribution in [3.8, 4) is 0 Å². The van der Waals surface area contributed by atoms with Crippen LogP contribution in [0.25, 0.3) is 0 Å². The van der Waals surface area contributed by atoms with E-state index in [2.05, 4.69) is 5.32 Å². The summed E-state index contributed by atoms with van der Waals surface area (Å²) >= 11 is 0. The maximum atomic E-state index is 11.7. The number of carboxylic acid groups (broad SMARTS) is 1. The minimum absolute atomic E-state index is 0.255. The molecule has 1 aromatic heterocycles. The predicted molar refractivity (Wildman–Crippen MR) is 63.3 cm³/mol. The van der Waals surface area contributed by atoms with Crippen LogP contribution < -0.4 is 5.32 Å². The lowest BCUT2D eigenvalue weighted by atomic mass is 10.4. The number of nitrogens with one attached hydrogen (secondary N) is 1. The zero-order chi connectivity index (χ0) is 12.8. The fourth-order valence-electron chi connectivity index (χ4n) is 1.30. The van der Waals surface area contributed by atoms with Gasteiger partial charge in [0.25, 0.3) is 5.91 Å². The number of hydrogen-bond donors (Lipinski definition) is 2. The van der Waals surface area contributed by atoms with Crippen molar-refractivity contribution < 1.29 is 18.9 Å². The molecule has 1 heterocycles. The molecule has 0 saturated heterocycles. The standard InChI is InChI=1S/C10H14N2O4S/c1-17(16)6-4-11-10(15)8-3-2-5-12(8)7-9(13)14/h2-3,5H,4,6-7H2,1H3,(H,11,15)(H,13,14). The Morgan fingerprint density at radius 3 is 2.82 bits per heavy atom. The van der Waals surface area contributed by atoms with E-state index in [1.54, 1.807) is 18.4 Å². The van der Waals surface area contributed by atoms with Crippen molar-refractivity contribution in [1.29, 1.82) is 0 Å². The van der Waals surface area contributed by atoms with Crippen LogP contribution in [0.4, 0.5) is 0 Å². The van der Waals surface area contributed by atoms with Crippen molar-refractivity contribution in [2.45, 2.75) is 6.54 Å². The second kappa shape index (κ2) is 6.19. The fourth-order valence-corrected chi connectivity index (χ4v) is 1.69. The summed E-state index contributed by atoms with van der Waals surface area (Å²) in [7, 11) is -0.959. The van der Waals surface area contributed by atoms with Crippen molar-refractivity contribution >= 4 is 22.7 Å². The second-order valence-electron chi connectivity index (χ2n) is 3.45. The van der Waals surface area contributed by atoms with E-state index in [1.165, 1.54) is 10.8 Å². The Hall–Kier alpha value is -1.63. The van der Waals surface area contributed by atoms with Crippen molar-refractivity contribution in [3.63, 3.8) is 0 Å². The molecule has 1 unspecified atom stereocenters. The highest BCUT2D eigenvalue weighted by Gasteiger charge is 2.11. The molecular formula is C10H14N2O4S. The van der Waals surface area contributed by atoms with E-state index >= 15 is 0 Å². The second-order valence-corrected chi connectivity index (χ2v) is 5.00. The molecular weight excluding hydrogens is 244 g/mol. The van der Waals surface area contributed by atoms with Gasteiger partial charge in [-0.15, -0.1) is 0 Å². The molecule has 0 aromatic carbocycles. The number of carboxylic acids is 1. The number of carbonyl (C=O) groups is 2. The number of nitrogens with zero attached hydrogens (tertiary/aromatic N) is 1. The fraction of sp³-hybridized carbons (Fsp3) is 0.400. The summed E-state index contributed by atoms with van der Waals surface area (Å²) in [6.45, 7) is 0.0512. The normalized spacial score (nSPS) is 12.1. The third kappa shape index (κ3) is 4.39. The summed E-state index contributed by atoms with van der Waals surface area (Å²) in [5, 5.41) is 11.2. The molecule has 6 nitrogen and oxygen atoms in total. The van der Waals surface area contributed by atoms with Crippen molar-refractivity contribution in [2.24, 2.45) is 0 Å². The average molecular weight is 258 g/mol.